The fourth-order valence-electron chi connectivity index (χ4n) is 6.72. The van der Waals surface area contributed by atoms with Gasteiger partial charge in [-0.25, -0.2) is 0 Å². The molecule has 0 aromatic heterocycles. The van der Waals surface area contributed by atoms with Crippen molar-refractivity contribution in [2.75, 3.05) is 61.8 Å². The lowest BCUT2D eigenvalue weighted by Gasteiger charge is -2.11. The maximum atomic E-state index is 5.46. The highest BCUT2D eigenvalue weighted by Gasteiger charge is 2.08. The van der Waals surface area contributed by atoms with Crippen LogP contribution in [0.1, 0.15) is 319 Å². The van der Waals surface area contributed by atoms with E-state index in [0.29, 0.717) is 44.5 Å². The summed E-state index contributed by atoms with van der Waals surface area (Å²) in [6.07, 6.45) is 47.1. The van der Waals surface area contributed by atoms with Crippen LogP contribution in [0.2, 0.25) is 0 Å². The summed E-state index contributed by atoms with van der Waals surface area (Å²) in [5.74, 6) is 10.3. The third-order valence-electron chi connectivity index (χ3n) is 11.5. The van der Waals surface area contributed by atoms with E-state index < -0.39 is 0 Å². The van der Waals surface area contributed by atoms with Crippen LogP contribution in [-0.2, 0) is 14.2 Å². The van der Waals surface area contributed by atoms with Crippen LogP contribution >= 0.6 is 35.3 Å². The lowest BCUT2D eigenvalue weighted by molar-refractivity contribution is 0.0775. The van der Waals surface area contributed by atoms with Crippen molar-refractivity contribution in [3.63, 3.8) is 0 Å². The zero-order chi connectivity index (χ0) is 72.2. The molecule has 0 fully saturated rings. The smallest absolute Gasteiger partial charge is 0.0647 e. The summed E-state index contributed by atoms with van der Waals surface area (Å²) in [7, 11) is 0. The van der Waals surface area contributed by atoms with Gasteiger partial charge in [-0.15, -0.1) is 0 Å². The molecule has 0 unspecified atom stereocenters. The normalized spacial score (nSPS) is 13.1. The molecule has 0 spiro atoms. The van der Waals surface area contributed by atoms with Crippen molar-refractivity contribution < 1.29 is 14.2 Å². The molecule has 0 amide bonds. The molecule has 0 atom stereocenters. The van der Waals surface area contributed by atoms with E-state index in [1.54, 1.807) is 0 Å². The first-order valence-corrected chi connectivity index (χ1v) is 40.1. The number of unbranched alkanes of at least 4 members (excludes halogenated alkanes) is 4. The van der Waals surface area contributed by atoms with Gasteiger partial charge < -0.3 is 14.2 Å². The maximum absolute atomic E-state index is 5.46. The summed E-state index contributed by atoms with van der Waals surface area (Å²) in [5.41, 5.74) is 2.31. The van der Waals surface area contributed by atoms with E-state index in [2.05, 4.69) is 351 Å². The lowest BCUT2D eigenvalue weighted by Crippen LogP contribution is -2.03. The molecule has 0 aliphatic heterocycles. The second-order valence-corrected chi connectivity index (χ2v) is 39.2. The molecule has 3 nitrogen and oxygen atoms in total. The van der Waals surface area contributed by atoms with Gasteiger partial charge in [0.2, 0.25) is 0 Å². The summed E-state index contributed by atoms with van der Waals surface area (Å²) < 4.78 is 16.4. The highest BCUT2D eigenvalue weighted by atomic mass is 32.2. The van der Waals surface area contributed by atoms with Crippen LogP contribution < -0.4 is 0 Å². The molecular formula is C85H170O3S3. The summed E-state index contributed by atoms with van der Waals surface area (Å²) >= 11 is 6.15. The molecule has 0 radical (unpaired) electrons. The zero-order valence-electron chi connectivity index (χ0n) is 68.6. The second-order valence-electron chi connectivity index (χ2n) is 35.2. The van der Waals surface area contributed by atoms with Crippen LogP contribution in [0.15, 0.2) is 85.1 Å². The zero-order valence-corrected chi connectivity index (χ0v) is 71.1. The molecule has 0 aromatic carbocycles. The van der Waals surface area contributed by atoms with Crippen LogP contribution in [-0.4, -0.2) is 73.2 Å². The number of thioether (sulfide) groups is 3. The Bertz CT molecular complexity index is 1330. The Labute approximate surface area is 590 Å². The van der Waals surface area contributed by atoms with E-state index in [4.69, 9.17) is 14.2 Å². The van der Waals surface area contributed by atoms with E-state index in [-0.39, 0.29) is 5.41 Å². The topological polar surface area (TPSA) is 27.7 Å². The quantitative estimate of drug-likeness (QED) is 0.0464. The van der Waals surface area contributed by atoms with E-state index in [1.807, 2.05) is 11.8 Å². The Kier molecular flexibility index (Phi) is 72.7. The Morgan fingerprint density at radius 1 is 0.308 bits per heavy atom. The van der Waals surface area contributed by atoms with Gasteiger partial charge in [0.15, 0.2) is 0 Å². The van der Waals surface area contributed by atoms with Crippen molar-refractivity contribution in [2.45, 2.75) is 331 Å². The van der Waals surface area contributed by atoms with Crippen molar-refractivity contribution in [3.8, 4) is 0 Å². The van der Waals surface area contributed by atoms with Crippen LogP contribution in [0.5, 0.6) is 0 Å². The van der Waals surface area contributed by atoms with E-state index >= 15 is 0 Å². The molecule has 6 heteroatoms. The molecule has 0 bridgehead atoms. The molecule has 0 rings (SSSR count). The predicted molar refractivity (Wildman–Crippen MR) is 435 cm³/mol. The Hall–Kier alpha value is -0.890. The largest absolute Gasteiger partial charge is 0.381 e. The van der Waals surface area contributed by atoms with Crippen LogP contribution in [0.4, 0.5) is 0 Å². The molecule has 0 saturated carbocycles. The number of hydrogen-bond acceptors (Lipinski definition) is 6. The average molecular weight is 1340 g/mol. The minimum absolute atomic E-state index is 0.279. The second kappa shape index (κ2) is 63.8. The van der Waals surface area contributed by atoms with Gasteiger partial charge in [-0.2, -0.15) is 35.3 Å². The molecule has 91 heavy (non-hydrogen) atoms. The monoisotopic (exact) mass is 1340 g/mol. The summed E-state index contributed by atoms with van der Waals surface area (Å²) in [4.78, 5) is 0. The van der Waals surface area contributed by atoms with Crippen LogP contribution in [0, 0.1) is 67.5 Å². The SMILES string of the molecule is CC(C)CCCC/C=C\C(C)(C)C.CC(C)CCOC/C=C\C(C)(C)C.CC(C)CCSC/C=C\C(C)(C)C.CC(C)COCC/C=C\C(C)(C)C.CC(C)CSCC/C=C\C(C)(C)C.CC(C)OCCC/C=C\C(C)(C)C.CC(C)SCCC/C=C\C(C)(C)C. The summed E-state index contributed by atoms with van der Waals surface area (Å²) in [5, 5.41) is 0.784. The van der Waals surface area contributed by atoms with Crippen molar-refractivity contribution in [2.24, 2.45) is 67.5 Å². The fourth-order valence-corrected chi connectivity index (χ4v) is 9.51. The van der Waals surface area contributed by atoms with Gasteiger partial charge in [0.1, 0.15) is 0 Å². The van der Waals surface area contributed by atoms with E-state index in [1.165, 1.54) is 80.1 Å². The molecule has 546 valence electrons. The van der Waals surface area contributed by atoms with Crippen LogP contribution in [0.25, 0.3) is 0 Å². The number of ether oxygens (including phenoxy) is 3. The Morgan fingerprint density at radius 3 is 1.10 bits per heavy atom. The molecule has 0 aliphatic carbocycles. The average Bonchev–Trinajstić information content (AvgIpc) is 3.47. The molecule has 0 aromatic rings. The van der Waals surface area contributed by atoms with Gasteiger partial charge in [0, 0.05) is 25.6 Å². The number of rotatable bonds is 35. The van der Waals surface area contributed by atoms with Gasteiger partial charge in [-0.1, -0.05) is 326 Å². The third-order valence-corrected chi connectivity index (χ3v) is 15.1. The highest BCUT2D eigenvalue weighted by Crippen LogP contribution is 2.21. The number of allylic oxidation sites excluding steroid dienone is 11. The minimum Gasteiger partial charge on any atom is -0.381 e. The molecule has 0 aliphatic rings. The van der Waals surface area contributed by atoms with Crippen molar-refractivity contribution >= 4 is 35.3 Å². The maximum Gasteiger partial charge on any atom is 0.0647 e. The summed E-state index contributed by atoms with van der Waals surface area (Å²) in [6, 6.07) is 0. The van der Waals surface area contributed by atoms with Gasteiger partial charge in [0.25, 0.3) is 0 Å². The van der Waals surface area contributed by atoms with Gasteiger partial charge in [-0.3, -0.25) is 0 Å². The minimum atomic E-state index is 0.279. The molecule has 0 saturated heterocycles. The lowest BCUT2D eigenvalue weighted by atomic mass is 9.95. The van der Waals surface area contributed by atoms with Crippen molar-refractivity contribution in [3.05, 3.63) is 85.1 Å². The van der Waals surface area contributed by atoms with Gasteiger partial charge in [0.05, 0.1) is 19.3 Å². The standard InChI is InChI=1S/C13H26.3C12H24O.3C12H24S/c1-12(2)10-8-6-7-9-11-13(3,4)5;1-11(2)7-10-13-9-6-8-12(3,4)5;1-11(2)10-13-9-7-6-8-12(3,4)5;1-11(2)13-10-8-6-7-9-12(3,4)5;1-11(2)7-10-13-9-6-8-12(3,4)5;1-11(2)10-13-9-7-6-8-12(3,4)5;1-11(2)13-10-8-6-7-9-12(3,4)5/h9,11-12H,6-8,10H2,1-5H3;2*6,8,11H,7,9-10H2,1-5H3;7,9,11H,6,8,10H2,1-5H3;2*6,8,11H,7,9-10H2,1-5H3;7,9,11H,6,8,10H2,1-5H3/b11-9-;2*8-6-;9-7-;2*8-6-;9-7-. The first-order valence-electron chi connectivity index (χ1n) is 36.7. The first kappa shape index (κ1) is 104. The van der Waals surface area contributed by atoms with Crippen molar-refractivity contribution in [1.82, 2.24) is 0 Å². The summed E-state index contributed by atoms with van der Waals surface area (Å²) in [6.45, 7) is 82.2. The van der Waals surface area contributed by atoms with E-state index in [0.717, 1.165) is 87.6 Å². The van der Waals surface area contributed by atoms with Gasteiger partial charge >= 0.3 is 0 Å². The fraction of sp³-hybridized carbons (Fsp3) is 0.835. The number of hydrogen-bond donors (Lipinski definition) is 0. The Morgan fingerprint density at radius 2 is 0.703 bits per heavy atom. The molecule has 0 N–H and O–H groups in total. The van der Waals surface area contributed by atoms with Gasteiger partial charge in [-0.05, 0) is 174 Å². The first-order chi connectivity index (χ1) is 41.4. The van der Waals surface area contributed by atoms with E-state index in [9.17, 15) is 0 Å². The molecular weight excluding hydrogens is 1170 g/mol. The Balaban J connectivity index is -0.000000181. The third kappa shape index (κ3) is 142. The van der Waals surface area contributed by atoms with Crippen molar-refractivity contribution in [1.29, 1.82) is 0 Å². The predicted octanol–water partition coefficient (Wildman–Crippen LogP) is 29.1. The van der Waals surface area contributed by atoms with Crippen LogP contribution in [0.3, 0.4) is 0 Å². The molecule has 0 heterocycles. The highest BCUT2D eigenvalue weighted by molar-refractivity contribution is 8.00.